The van der Waals surface area contributed by atoms with Gasteiger partial charge in [-0.2, -0.15) is 4.72 Å². The van der Waals surface area contributed by atoms with Gasteiger partial charge >= 0.3 is 12.3 Å². The summed E-state index contributed by atoms with van der Waals surface area (Å²) in [5.41, 5.74) is 2.27. The van der Waals surface area contributed by atoms with Gasteiger partial charge in [0.1, 0.15) is 5.75 Å². The number of fused-ring (bicyclic) bond motifs is 1. The summed E-state index contributed by atoms with van der Waals surface area (Å²) in [6.45, 7) is 1.56. The first-order valence-electron chi connectivity index (χ1n) is 12.4. The summed E-state index contributed by atoms with van der Waals surface area (Å²) in [6.07, 6.45) is -1.38. The number of alkyl halides is 3. The average molecular weight is 571 g/mol. The smallest absolute Gasteiger partial charge is 0.465 e. The third-order valence-electron chi connectivity index (χ3n) is 6.73. The Morgan fingerprint density at radius 2 is 1.75 bits per heavy atom. The van der Waals surface area contributed by atoms with Gasteiger partial charge in [-0.15, -0.1) is 13.2 Å². The monoisotopic (exact) mass is 570 g/mol. The second kappa shape index (κ2) is 10.5. The van der Waals surface area contributed by atoms with Gasteiger partial charge in [-0.1, -0.05) is 36.4 Å². The Hall–Kier alpha value is -3.96. The predicted molar refractivity (Wildman–Crippen MR) is 142 cm³/mol. The first-order valence-corrected chi connectivity index (χ1v) is 13.9. The van der Waals surface area contributed by atoms with Crippen molar-refractivity contribution in [1.29, 1.82) is 0 Å². The maximum atomic E-state index is 13.7. The molecule has 11 heteroatoms. The number of hydrogen-bond acceptors (Lipinski definition) is 6. The molecule has 1 fully saturated rings. The Balaban J connectivity index is 1.62. The highest BCUT2D eigenvalue weighted by molar-refractivity contribution is 7.89. The number of nitrogens with zero attached hydrogens (tertiary/aromatic N) is 1. The lowest BCUT2D eigenvalue weighted by Gasteiger charge is -2.23. The number of halogens is 3. The highest BCUT2D eigenvalue weighted by atomic mass is 32.2. The molecule has 0 aliphatic heterocycles. The maximum Gasteiger partial charge on any atom is 0.573 e. The Labute approximate surface area is 229 Å². The van der Waals surface area contributed by atoms with Crippen LogP contribution in [-0.2, 0) is 14.8 Å². The van der Waals surface area contributed by atoms with E-state index in [0.29, 0.717) is 16.8 Å². The molecule has 208 valence electrons. The zero-order valence-electron chi connectivity index (χ0n) is 21.5. The van der Waals surface area contributed by atoms with Gasteiger partial charge in [-0.05, 0) is 78.1 Å². The maximum absolute atomic E-state index is 13.7. The summed E-state index contributed by atoms with van der Waals surface area (Å²) in [4.78, 5) is 16.5. The van der Waals surface area contributed by atoms with Gasteiger partial charge in [-0.3, -0.25) is 4.98 Å². The molecule has 1 aliphatic rings. The standard InChI is InChI=1S/C29H25F3N2O5S/c1-17-15-20(28(35)38-2)11-14-24(17)40(36,37)34-26(19-9-12-22(13-10-19)39-29(30,31)32)27-25(18-7-8-18)23-6-4-3-5-21(23)16-33-27/h3-6,9-16,18,26,34H,7-8H2,1-2H3. The van der Waals surface area contributed by atoms with Crippen molar-refractivity contribution in [3.63, 3.8) is 0 Å². The van der Waals surface area contributed by atoms with Crippen molar-refractivity contribution in [3.8, 4) is 5.75 Å². The number of sulfonamides is 1. The van der Waals surface area contributed by atoms with Crippen molar-refractivity contribution < 1.29 is 35.9 Å². The van der Waals surface area contributed by atoms with Crippen LogP contribution < -0.4 is 9.46 Å². The summed E-state index contributed by atoms with van der Waals surface area (Å²) < 4.78 is 77.2. The number of aromatic nitrogens is 1. The molecule has 40 heavy (non-hydrogen) atoms. The van der Waals surface area contributed by atoms with E-state index in [4.69, 9.17) is 4.74 Å². The van der Waals surface area contributed by atoms with E-state index in [0.717, 1.165) is 41.3 Å². The molecule has 1 atom stereocenters. The molecule has 1 saturated carbocycles. The highest BCUT2D eigenvalue weighted by Gasteiger charge is 2.35. The fourth-order valence-electron chi connectivity index (χ4n) is 4.79. The van der Waals surface area contributed by atoms with Crippen molar-refractivity contribution in [3.05, 3.63) is 101 Å². The molecule has 1 aliphatic carbocycles. The van der Waals surface area contributed by atoms with Gasteiger partial charge < -0.3 is 9.47 Å². The van der Waals surface area contributed by atoms with Gasteiger partial charge in [0.15, 0.2) is 0 Å². The van der Waals surface area contributed by atoms with E-state index in [9.17, 15) is 26.4 Å². The van der Waals surface area contributed by atoms with E-state index >= 15 is 0 Å². The topological polar surface area (TPSA) is 94.6 Å². The molecule has 1 heterocycles. The summed E-state index contributed by atoms with van der Waals surface area (Å²) in [6, 6.07) is 15.8. The number of pyridine rings is 1. The molecule has 5 rings (SSSR count). The van der Waals surface area contributed by atoms with Crippen LogP contribution in [0, 0.1) is 6.92 Å². The minimum Gasteiger partial charge on any atom is -0.465 e. The van der Waals surface area contributed by atoms with Crippen LogP contribution in [0.15, 0.2) is 77.8 Å². The molecule has 0 saturated heterocycles. The highest BCUT2D eigenvalue weighted by Crippen LogP contribution is 2.46. The normalized spacial score (nSPS) is 14.6. The fourth-order valence-corrected chi connectivity index (χ4v) is 6.21. The zero-order chi connectivity index (χ0) is 28.7. The van der Waals surface area contributed by atoms with E-state index < -0.39 is 34.1 Å². The lowest BCUT2D eigenvalue weighted by Crippen LogP contribution is -2.31. The Kier molecular flexibility index (Phi) is 7.28. The Morgan fingerprint density at radius 3 is 2.38 bits per heavy atom. The molecular weight excluding hydrogens is 545 g/mol. The Morgan fingerprint density at radius 1 is 1.05 bits per heavy atom. The number of carbonyl (C=O) groups is 1. The fraction of sp³-hybridized carbons (Fsp3) is 0.241. The molecule has 4 aromatic rings. The quantitative estimate of drug-likeness (QED) is 0.255. The SMILES string of the molecule is COC(=O)c1ccc(S(=O)(=O)NC(c2ccc(OC(F)(F)F)cc2)c2ncc3ccccc3c2C2CC2)c(C)c1. The molecule has 7 nitrogen and oxygen atoms in total. The zero-order valence-corrected chi connectivity index (χ0v) is 22.3. The predicted octanol–water partition coefficient (Wildman–Crippen LogP) is 6.17. The van der Waals surface area contributed by atoms with Gasteiger partial charge in [0.25, 0.3) is 0 Å². The number of rotatable bonds is 8. The van der Waals surface area contributed by atoms with Crippen LogP contribution in [-0.4, -0.2) is 32.8 Å². The van der Waals surface area contributed by atoms with E-state index in [2.05, 4.69) is 14.4 Å². The van der Waals surface area contributed by atoms with Crippen LogP contribution in [0.4, 0.5) is 13.2 Å². The first-order chi connectivity index (χ1) is 19.0. The molecule has 0 bridgehead atoms. The number of benzene rings is 3. The minimum absolute atomic E-state index is 0.0593. The van der Waals surface area contributed by atoms with E-state index in [1.165, 1.54) is 37.4 Å². The summed E-state index contributed by atoms with van der Waals surface area (Å²) in [5, 5.41) is 1.84. The number of hydrogen-bond donors (Lipinski definition) is 1. The Bertz CT molecular complexity index is 1680. The second-order valence-corrected chi connectivity index (χ2v) is 11.2. The number of nitrogens with one attached hydrogen (secondary N) is 1. The number of methoxy groups -OCH3 is 1. The van der Waals surface area contributed by atoms with Crippen LogP contribution in [0.5, 0.6) is 5.75 Å². The molecule has 1 N–H and O–H groups in total. The summed E-state index contributed by atoms with van der Waals surface area (Å²) >= 11 is 0. The van der Waals surface area contributed by atoms with E-state index in [1.54, 1.807) is 13.1 Å². The van der Waals surface area contributed by atoms with E-state index in [-0.39, 0.29) is 16.4 Å². The van der Waals surface area contributed by atoms with Gasteiger partial charge in [0, 0.05) is 11.6 Å². The molecule has 1 aromatic heterocycles. The van der Waals surface area contributed by atoms with Crippen LogP contribution >= 0.6 is 0 Å². The molecule has 0 amide bonds. The van der Waals surface area contributed by atoms with E-state index in [1.807, 2.05) is 24.3 Å². The molecule has 3 aromatic carbocycles. The van der Waals surface area contributed by atoms with Crippen molar-refractivity contribution in [2.45, 2.75) is 43.0 Å². The van der Waals surface area contributed by atoms with Crippen LogP contribution in [0.25, 0.3) is 10.8 Å². The molecule has 0 spiro atoms. The van der Waals surface area contributed by atoms with Crippen LogP contribution in [0.2, 0.25) is 0 Å². The van der Waals surface area contributed by atoms with Gasteiger partial charge in [0.05, 0.1) is 29.3 Å². The number of carbonyl (C=O) groups excluding carboxylic acids is 1. The van der Waals surface area contributed by atoms with Crippen molar-refractivity contribution >= 4 is 26.8 Å². The first kappa shape index (κ1) is 27.6. The van der Waals surface area contributed by atoms with Crippen molar-refractivity contribution in [2.24, 2.45) is 0 Å². The van der Waals surface area contributed by atoms with Crippen LogP contribution in [0.1, 0.15) is 57.5 Å². The lowest BCUT2D eigenvalue weighted by atomic mass is 9.94. The van der Waals surface area contributed by atoms with Crippen molar-refractivity contribution in [1.82, 2.24) is 9.71 Å². The number of aryl methyl sites for hydroxylation is 1. The van der Waals surface area contributed by atoms with Crippen molar-refractivity contribution in [2.75, 3.05) is 7.11 Å². The number of ether oxygens (including phenoxy) is 2. The minimum atomic E-state index is -4.87. The average Bonchev–Trinajstić information content (AvgIpc) is 3.75. The number of esters is 1. The van der Waals surface area contributed by atoms with Crippen LogP contribution in [0.3, 0.4) is 0 Å². The molecule has 0 radical (unpaired) electrons. The summed E-state index contributed by atoms with van der Waals surface area (Å²) in [5.74, 6) is -0.857. The van der Waals surface area contributed by atoms with Gasteiger partial charge in [-0.25, -0.2) is 13.2 Å². The third kappa shape index (κ3) is 5.80. The largest absolute Gasteiger partial charge is 0.573 e. The summed E-state index contributed by atoms with van der Waals surface area (Å²) in [7, 11) is -2.97. The second-order valence-electron chi connectivity index (χ2n) is 9.56. The third-order valence-corrected chi connectivity index (χ3v) is 8.32. The lowest BCUT2D eigenvalue weighted by molar-refractivity contribution is -0.274. The molecule has 1 unspecified atom stereocenters. The van der Waals surface area contributed by atoms with Gasteiger partial charge in [0.2, 0.25) is 10.0 Å². The molecular formula is C29H25F3N2O5S.